The van der Waals surface area contributed by atoms with Gasteiger partial charge in [-0.2, -0.15) is 0 Å². The Morgan fingerprint density at radius 3 is 2.37 bits per heavy atom. The second-order valence-electron chi connectivity index (χ2n) is 8.92. The molecule has 2 amide bonds. The van der Waals surface area contributed by atoms with Crippen molar-refractivity contribution in [2.45, 2.75) is 57.7 Å². The van der Waals surface area contributed by atoms with Crippen LogP contribution in [0, 0.1) is 3.57 Å². The summed E-state index contributed by atoms with van der Waals surface area (Å²) < 4.78 is 28.1. The first-order valence-corrected chi connectivity index (χ1v) is 15.3. The van der Waals surface area contributed by atoms with E-state index < -0.39 is 28.5 Å². The van der Waals surface area contributed by atoms with Crippen molar-refractivity contribution in [1.82, 2.24) is 10.2 Å². The van der Waals surface area contributed by atoms with Crippen molar-refractivity contribution in [3.8, 4) is 0 Å². The maximum absolute atomic E-state index is 13.6. The number of anilines is 1. The lowest BCUT2D eigenvalue weighted by Crippen LogP contribution is -2.52. The van der Waals surface area contributed by atoms with E-state index in [2.05, 4.69) is 43.8 Å². The van der Waals surface area contributed by atoms with E-state index in [9.17, 15) is 18.0 Å². The van der Waals surface area contributed by atoms with Crippen LogP contribution in [0.4, 0.5) is 5.69 Å². The van der Waals surface area contributed by atoms with Gasteiger partial charge in [0.2, 0.25) is 21.8 Å². The highest BCUT2D eigenvalue weighted by Crippen LogP contribution is 2.22. The molecule has 1 saturated carbocycles. The number of carbonyl (C=O) groups is 2. The highest BCUT2D eigenvalue weighted by molar-refractivity contribution is 14.1. The third-order valence-corrected chi connectivity index (χ3v) is 8.51. The van der Waals surface area contributed by atoms with E-state index in [1.807, 2.05) is 24.3 Å². The molecule has 0 radical (unpaired) electrons. The third kappa shape index (κ3) is 8.18. The Labute approximate surface area is 230 Å². The van der Waals surface area contributed by atoms with Gasteiger partial charge >= 0.3 is 0 Å². The lowest BCUT2D eigenvalue weighted by molar-refractivity contribution is -0.139. The Balaban J connectivity index is 1.86. The summed E-state index contributed by atoms with van der Waals surface area (Å²) in [4.78, 5) is 28.2. The molecule has 1 unspecified atom stereocenters. The molecule has 2 aromatic carbocycles. The molecule has 190 valence electrons. The predicted octanol–water partition coefficient (Wildman–Crippen LogP) is 4.69. The number of sulfonamides is 1. The van der Waals surface area contributed by atoms with Gasteiger partial charge in [0.05, 0.1) is 11.9 Å². The molecule has 0 aromatic heterocycles. The molecule has 2 aromatic rings. The summed E-state index contributed by atoms with van der Waals surface area (Å²) in [7, 11) is -3.73. The first-order valence-electron chi connectivity index (χ1n) is 11.6. The molecule has 0 bridgehead atoms. The van der Waals surface area contributed by atoms with Crippen molar-refractivity contribution >= 4 is 66.0 Å². The highest BCUT2D eigenvalue weighted by Gasteiger charge is 2.31. The number of nitrogens with zero attached hydrogens (tertiary/aromatic N) is 2. The van der Waals surface area contributed by atoms with Crippen molar-refractivity contribution in [2.24, 2.45) is 0 Å². The van der Waals surface area contributed by atoms with E-state index in [-0.39, 0.29) is 18.5 Å². The summed E-state index contributed by atoms with van der Waals surface area (Å²) in [6.07, 6.45) is 6.30. The van der Waals surface area contributed by atoms with Gasteiger partial charge in [0, 0.05) is 20.6 Å². The molecule has 0 aliphatic heterocycles. The van der Waals surface area contributed by atoms with Gasteiger partial charge in [-0.25, -0.2) is 8.42 Å². The minimum absolute atomic E-state index is 0.112. The van der Waals surface area contributed by atoms with Gasteiger partial charge in [-0.05, 0) is 84.3 Å². The van der Waals surface area contributed by atoms with Gasteiger partial charge in [0.1, 0.15) is 12.6 Å². The maximum Gasteiger partial charge on any atom is 0.244 e. The molecular formula is C25H31BrIN3O4S. The molecule has 0 heterocycles. The smallest absolute Gasteiger partial charge is 0.244 e. The number of benzene rings is 2. The van der Waals surface area contributed by atoms with Gasteiger partial charge in [-0.1, -0.05) is 47.3 Å². The third-order valence-electron chi connectivity index (χ3n) is 6.15. The summed E-state index contributed by atoms with van der Waals surface area (Å²) in [5, 5.41) is 3.10. The topological polar surface area (TPSA) is 86.8 Å². The van der Waals surface area contributed by atoms with Crippen molar-refractivity contribution in [2.75, 3.05) is 17.1 Å². The minimum atomic E-state index is -3.73. The molecule has 0 spiro atoms. The van der Waals surface area contributed by atoms with E-state index in [1.165, 1.54) is 11.3 Å². The number of amides is 2. The molecule has 1 aliphatic rings. The number of carbonyl (C=O) groups excluding carboxylic acids is 2. The molecule has 1 atom stereocenters. The van der Waals surface area contributed by atoms with E-state index in [0.29, 0.717) is 5.69 Å². The van der Waals surface area contributed by atoms with Crippen LogP contribution in [-0.4, -0.2) is 50.0 Å². The first-order chi connectivity index (χ1) is 16.5. The Kier molecular flexibility index (Phi) is 10.00. The predicted molar refractivity (Wildman–Crippen MR) is 151 cm³/mol. The van der Waals surface area contributed by atoms with Crippen LogP contribution in [0.25, 0.3) is 0 Å². The Bertz CT molecular complexity index is 1140. The monoisotopic (exact) mass is 675 g/mol. The summed E-state index contributed by atoms with van der Waals surface area (Å²) in [6, 6.07) is 13.8. The Morgan fingerprint density at radius 1 is 1.11 bits per heavy atom. The molecule has 3 rings (SSSR count). The number of rotatable bonds is 9. The number of hydrogen-bond acceptors (Lipinski definition) is 4. The second kappa shape index (κ2) is 12.5. The van der Waals surface area contributed by atoms with Crippen LogP contribution in [0.1, 0.15) is 44.6 Å². The average Bonchev–Trinajstić information content (AvgIpc) is 2.81. The van der Waals surface area contributed by atoms with E-state index >= 15 is 0 Å². The van der Waals surface area contributed by atoms with Gasteiger partial charge < -0.3 is 10.2 Å². The fourth-order valence-corrected chi connectivity index (χ4v) is 5.86. The molecule has 7 nitrogen and oxygen atoms in total. The zero-order chi connectivity index (χ0) is 25.6. The van der Waals surface area contributed by atoms with Crippen LogP contribution in [-0.2, 0) is 26.2 Å². The summed E-state index contributed by atoms with van der Waals surface area (Å²) in [5.41, 5.74) is 1.24. The molecule has 10 heteroatoms. The fraction of sp³-hybridized carbons (Fsp3) is 0.440. The number of nitrogens with one attached hydrogen (secondary N) is 1. The normalized spacial score (nSPS) is 15.3. The maximum atomic E-state index is 13.6. The van der Waals surface area contributed by atoms with Crippen LogP contribution in [0.3, 0.4) is 0 Å². The van der Waals surface area contributed by atoms with Gasteiger partial charge in [-0.15, -0.1) is 0 Å². The molecule has 1 fully saturated rings. The molecule has 0 saturated heterocycles. The van der Waals surface area contributed by atoms with Gasteiger partial charge in [0.25, 0.3) is 0 Å². The molecule has 1 aliphatic carbocycles. The fourth-order valence-electron chi connectivity index (χ4n) is 4.20. The lowest BCUT2D eigenvalue weighted by Gasteiger charge is -2.33. The van der Waals surface area contributed by atoms with Crippen molar-refractivity contribution in [3.05, 3.63) is 62.1 Å². The standard InChI is InChI=1S/C25H31BrIN3O4S/c1-18(25(32)28-22-9-4-3-5-10-22)29(16-19-7-6-8-20(26)15-19)24(31)17-30(35(2,33)34)23-13-11-21(27)12-14-23/h6-8,11-15,18,22H,3-5,9-10,16-17H2,1-2H3,(H,28,32). The first kappa shape index (κ1) is 27.9. The van der Waals surface area contributed by atoms with Crippen molar-refractivity contribution < 1.29 is 18.0 Å². The Hall–Kier alpha value is -1.66. The van der Waals surface area contributed by atoms with E-state index in [1.54, 1.807) is 31.2 Å². The van der Waals surface area contributed by atoms with Crippen LogP contribution < -0.4 is 9.62 Å². The highest BCUT2D eigenvalue weighted by atomic mass is 127. The number of hydrogen-bond donors (Lipinski definition) is 1. The van der Waals surface area contributed by atoms with Gasteiger partial charge in [0.15, 0.2) is 0 Å². The van der Waals surface area contributed by atoms with Crippen LogP contribution in [0.15, 0.2) is 53.0 Å². The summed E-state index contributed by atoms with van der Waals surface area (Å²) >= 11 is 5.59. The average molecular weight is 676 g/mol. The molecule has 1 N–H and O–H groups in total. The van der Waals surface area contributed by atoms with Crippen molar-refractivity contribution in [1.29, 1.82) is 0 Å². The minimum Gasteiger partial charge on any atom is -0.352 e. The van der Waals surface area contributed by atoms with Crippen LogP contribution in [0.5, 0.6) is 0 Å². The summed E-state index contributed by atoms with van der Waals surface area (Å²) in [6.45, 7) is 1.49. The number of halogens is 2. The van der Waals surface area contributed by atoms with Gasteiger partial charge in [-0.3, -0.25) is 13.9 Å². The SMILES string of the molecule is CC(C(=O)NC1CCCCC1)N(Cc1cccc(Br)c1)C(=O)CN(c1ccc(I)cc1)S(C)(=O)=O. The lowest BCUT2D eigenvalue weighted by atomic mass is 9.95. The largest absolute Gasteiger partial charge is 0.352 e. The van der Waals surface area contributed by atoms with Crippen LogP contribution in [0.2, 0.25) is 0 Å². The summed E-state index contributed by atoms with van der Waals surface area (Å²) in [5.74, 6) is -0.666. The zero-order valence-electron chi connectivity index (χ0n) is 19.9. The van der Waals surface area contributed by atoms with E-state index in [0.717, 1.165) is 49.9 Å². The zero-order valence-corrected chi connectivity index (χ0v) is 24.5. The van der Waals surface area contributed by atoms with E-state index in [4.69, 9.17) is 0 Å². The molecule has 35 heavy (non-hydrogen) atoms. The Morgan fingerprint density at radius 2 is 1.77 bits per heavy atom. The van der Waals surface area contributed by atoms with Crippen molar-refractivity contribution in [3.63, 3.8) is 0 Å². The van der Waals surface area contributed by atoms with Crippen LogP contribution >= 0.6 is 38.5 Å². The molecular weight excluding hydrogens is 645 g/mol. The quantitative estimate of drug-likeness (QED) is 0.391. The second-order valence-corrected chi connectivity index (χ2v) is 13.0.